The molecule has 1 aromatic heterocycles. The Bertz CT molecular complexity index is 1760. The van der Waals surface area contributed by atoms with Crippen LogP contribution in [0.3, 0.4) is 0 Å². The predicted octanol–water partition coefficient (Wildman–Crippen LogP) is 5.75. The number of benzene rings is 4. The summed E-state index contributed by atoms with van der Waals surface area (Å²) in [4.78, 5) is 11.5. The molecule has 1 amide bonds. The highest BCUT2D eigenvalue weighted by Gasteiger charge is 2.38. The summed E-state index contributed by atoms with van der Waals surface area (Å²) < 4.78 is 14.9. The van der Waals surface area contributed by atoms with Gasteiger partial charge in [-0.05, 0) is 62.5 Å². The van der Waals surface area contributed by atoms with E-state index in [1.54, 1.807) is 28.9 Å². The van der Waals surface area contributed by atoms with E-state index in [9.17, 15) is 15.0 Å². The third kappa shape index (κ3) is 7.13. The Balaban J connectivity index is 1.25. The van der Waals surface area contributed by atoms with Gasteiger partial charge < -0.3 is 25.0 Å². The van der Waals surface area contributed by atoms with E-state index in [2.05, 4.69) is 27.8 Å². The minimum Gasteiger partial charge on any atom is -0.508 e. The number of carbonyl (C=O) groups excluding carboxylic acids is 1. The molecule has 1 fully saturated rings. The number of ether oxygens (including phenoxy) is 2. The number of aromatic nitrogens is 4. The Morgan fingerprint density at radius 1 is 0.935 bits per heavy atom. The summed E-state index contributed by atoms with van der Waals surface area (Å²) >= 11 is 1.49. The van der Waals surface area contributed by atoms with Crippen LogP contribution in [0, 0.1) is 5.92 Å². The number of phenols is 1. The van der Waals surface area contributed by atoms with Gasteiger partial charge in [-0.1, -0.05) is 91.5 Å². The van der Waals surface area contributed by atoms with E-state index in [0.29, 0.717) is 17.5 Å². The van der Waals surface area contributed by atoms with Crippen LogP contribution in [0.15, 0.2) is 102 Å². The summed E-state index contributed by atoms with van der Waals surface area (Å²) in [7, 11) is 0. The topological polar surface area (TPSA) is 132 Å². The highest BCUT2D eigenvalue weighted by atomic mass is 32.2. The highest BCUT2D eigenvalue weighted by molar-refractivity contribution is 7.99. The van der Waals surface area contributed by atoms with Crippen molar-refractivity contribution < 1.29 is 24.5 Å². The fraction of sp³-hybridized carbons (Fsp3) is 0.257. The molecule has 10 nitrogen and oxygen atoms in total. The molecule has 0 radical (unpaired) electrons. The number of rotatable bonds is 10. The number of aliphatic hydroxyl groups is 1. The summed E-state index contributed by atoms with van der Waals surface area (Å²) in [5, 5.41) is 35.0. The normalized spacial score (nSPS) is 19.5. The zero-order valence-electron chi connectivity index (χ0n) is 25.5. The number of amides is 1. The maximum Gasteiger partial charge on any atom is 0.217 e. The van der Waals surface area contributed by atoms with Crippen LogP contribution in [0.1, 0.15) is 48.5 Å². The van der Waals surface area contributed by atoms with Crippen LogP contribution in [0.5, 0.6) is 5.75 Å². The van der Waals surface area contributed by atoms with Crippen LogP contribution in [-0.2, 0) is 27.4 Å². The van der Waals surface area contributed by atoms with Crippen LogP contribution < -0.4 is 5.32 Å². The first-order valence-electron chi connectivity index (χ1n) is 15.0. The van der Waals surface area contributed by atoms with Gasteiger partial charge in [0, 0.05) is 30.7 Å². The van der Waals surface area contributed by atoms with Crippen LogP contribution >= 0.6 is 11.8 Å². The molecule has 4 aromatic carbocycles. The third-order valence-electron chi connectivity index (χ3n) is 8.07. The average molecular weight is 638 g/mol. The van der Waals surface area contributed by atoms with Crippen molar-refractivity contribution >= 4 is 17.7 Å². The van der Waals surface area contributed by atoms with Crippen molar-refractivity contribution in [2.75, 3.05) is 5.75 Å². The second kappa shape index (κ2) is 14.3. The Labute approximate surface area is 271 Å². The lowest BCUT2D eigenvalue weighted by Gasteiger charge is -2.41. The van der Waals surface area contributed by atoms with E-state index < -0.39 is 6.29 Å². The van der Waals surface area contributed by atoms with Gasteiger partial charge >= 0.3 is 0 Å². The minimum absolute atomic E-state index is 0.0124. The summed E-state index contributed by atoms with van der Waals surface area (Å²) in [5.41, 5.74) is 6.57. The Hall–Kier alpha value is -4.55. The molecular formula is C35H35N5O5S. The quantitative estimate of drug-likeness (QED) is 0.164. The zero-order chi connectivity index (χ0) is 32.0. The van der Waals surface area contributed by atoms with Crippen molar-refractivity contribution in [3.05, 3.63) is 119 Å². The number of nitrogens with zero attached hydrogens (tertiary/aromatic N) is 4. The number of nitrogens with one attached hydrogen (secondary N) is 1. The van der Waals surface area contributed by atoms with Gasteiger partial charge in [-0.2, -0.15) is 4.68 Å². The standard InChI is InChI=1S/C35H35N5O5S/c1-22-32(21-46-35-37-38-39-40(35)29-15-17-30(43)18-16-29)44-34(45-33(22)26-9-7-24(20-41)8-10-26)27-13-11-25(12-14-27)31-6-4-3-5-28(31)19-36-23(2)42/h3-18,22,32-34,41,43H,19-21H2,1-2H3,(H,36,42)/t22-,32+,33+,34+/m1/s1. The highest BCUT2D eigenvalue weighted by Crippen LogP contribution is 2.43. The first-order valence-corrected chi connectivity index (χ1v) is 16.0. The fourth-order valence-corrected chi connectivity index (χ4v) is 6.54. The monoisotopic (exact) mass is 637 g/mol. The Kier molecular flexibility index (Phi) is 9.74. The molecule has 3 N–H and O–H groups in total. The molecule has 0 spiro atoms. The van der Waals surface area contributed by atoms with Gasteiger partial charge in [-0.25, -0.2) is 0 Å². The Morgan fingerprint density at radius 2 is 1.65 bits per heavy atom. The summed E-state index contributed by atoms with van der Waals surface area (Å²) in [5.74, 6) is 0.652. The average Bonchev–Trinajstić information content (AvgIpc) is 3.56. The van der Waals surface area contributed by atoms with Gasteiger partial charge in [-0.3, -0.25) is 4.79 Å². The molecule has 5 aromatic rings. The molecule has 1 aliphatic heterocycles. The van der Waals surface area contributed by atoms with E-state index in [1.807, 2.05) is 72.8 Å². The number of phenolic OH excluding ortho intramolecular Hbond substituents is 1. The number of carbonyl (C=O) groups is 1. The lowest BCUT2D eigenvalue weighted by atomic mass is 9.91. The molecule has 0 aliphatic carbocycles. The molecule has 0 saturated carbocycles. The molecule has 0 bridgehead atoms. The first kappa shape index (κ1) is 31.4. The van der Waals surface area contributed by atoms with Gasteiger partial charge in [0.05, 0.1) is 24.5 Å². The molecule has 11 heteroatoms. The molecule has 0 unspecified atom stereocenters. The van der Waals surface area contributed by atoms with Crippen LogP contribution in [0.4, 0.5) is 0 Å². The molecule has 6 rings (SSSR count). The summed E-state index contributed by atoms with van der Waals surface area (Å²) in [6.45, 7) is 4.05. The zero-order valence-corrected chi connectivity index (χ0v) is 26.3. The number of tetrazole rings is 1. The van der Waals surface area contributed by atoms with E-state index in [-0.39, 0.29) is 36.4 Å². The minimum atomic E-state index is -0.624. The Morgan fingerprint density at radius 3 is 2.37 bits per heavy atom. The molecule has 236 valence electrons. The summed E-state index contributed by atoms with van der Waals surface area (Å²) in [6, 6.07) is 30.7. The van der Waals surface area contributed by atoms with Crippen molar-refractivity contribution in [3.8, 4) is 22.6 Å². The maximum atomic E-state index is 11.5. The van der Waals surface area contributed by atoms with Crippen molar-refractivity contribution in [1.82, 2.24) is 25.5 Å². The molecular weight excluding hydrogens is 602 g/mol. The van der Waals surface area contributed by atoms with Gasteiger partial charge in [0.1, 0.15) is 5.75 Å². The van der Waals surface area contributed by atoms with Crippen molar-refractivity contribution in [3.63, 3.8) is 0 Å². The number of thioether (sulfide) groups is 1. The van der Waals surface area contributed by atoms with Crippen molar-refractivity contribution in [2.45, 2.75) is 50.7 Å². The molecule has 1 aliphatic rings. The van der Waals surface area contributed by atoms with E-state index in [0.717, 1.165) is 39.1 Å². The van der Waals surface area contributed by atoms with E-state index in [4.69, 9.17) is 9.47 Å². The van der Waals surface area contributed by atoms with Crippen molar-refractivity contribution in [2.24, 2.45) is 5.92 Å². The maximum absolute atomic E-state index is 11.5. The lowest BCUT2D eigenvalue weighted by molar-refractivity contribution is -0.268. The fourth-order valence-electron chi connectivity index (χ4n) is 5.49. The largest absolute Gasteiger partial charge is 0.508 e. The number of aliphatic hydroxyl groups excluding tert-OH is 1. The smallest absolute Gasteiger partial charge is 0.217 e. The van der Waals surface area contributed by atoms with Crippen LogP contribution in [0.2, 0.25) is 0 Å². The number of hydrogen-bond donors (Lipinski definition) is 3. The van der Waals surface area contributed by atoms with E-state index >= 15 is 0 Å². The van der Waals surface area contributed by atoms with Crippen LogP contribution in [-0.4, -0.2) is 48.2 Å². The van der Waals surface area contributed by atoms with Gasteiger partial charge in [0.2, 0.25) is 11.1 Å². The second-order valence-electron chi connectivity index (χ2n) is 11.2. The third-order valence-corrected chi connectivity index (χ3v) is 9.08. The predicted molar refractivity (Wildman–Crippen MR) is 174 cm³/mol. The van der Waals surface area contributed by atoms with Gasteiger partial charge in [0.15, 0.2) is 6.29 Å². The second-order valence-corrected chi connectivity index (χ2v) is 12.2. The van der Waals surface area contributed by atoms with Gasteiger partial charge in [0.25, 0.3) is 0 Å². The number of aromatic hydroxyl groups is 1. The number of hydrogen-bond acceptors (Lipinski definition) is 9. The van der Waals surface area contributed by atoms with Gasteiger partial charge in [-0.15, -0.1) is 5.10 Å². The molecule has 46 heavy (non-hydrogen) atoms. The molecule has 1 saturated heterocycles. The van der Waals surface area contributed by atoms with E-state index in [1.165, 1.54) is 18.7 Å². The lowest BCUT2D eigenvalue weighted by Crippen LogP contribution is -2.38. The first-order chi connectivity index (χ1) is 22.4. The van der Waals surface area contributed by atoms with Crippen molar-refractivity contribution in [1.29, 1.82) is 0 Å². The molecule has 2 heterocycles. The summed E-state index contributed by atoms with van der Waals surface area (Å²) in [6.07, 6.45) is -1.10. The molecule has 4 atom stereocenters. The van der Waals surface area contributed by atoms with Crippen LogP contribution in [0.25, 0.3) is 16.8 Å². The SMILES string of the molecule is CC(=O)NCc1ccccc1-c1ccc([C@H]2O[C@@H](CSc3nnnn3-c3ccc(O)cc3)[C@@H](C)[C@@H](c3ccc(CO)cc3)O2)cc1.